The first kappa shape index (κ1) is 23.8. The highest BCUT2D eigenvalue weighted by Crippen LogP contribution is 2.37. The quantitative estimate of drug-likeness (QED) is 0.277. The molecule has 34 heavy (non-hydrogen) atoms. The summed E-state index contributed by atoms with van der Waals surface area (Å²) in [6.07, 6.45) is 5.62. The van der Waals surface area contributed by atoms with Crippen LogP contribution < -0.4 is 9.64 Å². The molecule has 0 bridgehead atoms. The van der Waals surface area contributed by atoms with Crippen LogP contribution in [-0.4, -0.2) is 47.6 Å². The standard InChI is InChI=1S/C25H28N4O4S/c1-3-4-15-28-24(30)23(34-25(28)26-19-8-10-20(33-2)11-9-19)17-18-7-12-21(22(16-18)29(31)32)27-13-5-6-14-27/h7-12,16-17H,3-6,13-15H2,1-2H3/b23-17-,26-25?. The van der Waals surface area contributed by atoms with E-state index in [4.69, 9.17) is 9.73 Å². The van der Waals surface area contributed by atoms with Crippen molar-refractivity contribution >= 4 is 46.0 Å². The van der Waals surface area contributed by atoms with E-state index in [-0.39, 0.29) is 16.5 Å². The average molecular weight is 481 g/mol. The minimum Gasteiger partial charge on any atom is -0.497 e. The molecule has 2 heterocycles. The van der Waals surface area contributed by atoms with E-state index < -0.39 is 0 Å². The Morgan fingerprint density at radius 2 is 1.91 bits per heavy atom. The summed E-state index contributed by atoms with van der Waals surface area (Å²) < 4.78 is 5.20. The summed E-state index contributed by atoms with van der Waals surface area (Å²) in [5.41, 5.74) is 2.07. The molecule has 1 amide bonds. The van der Waals surface area contributed by atoms with E-state index in [1.54, 1.807) is 30.2 Å². The van der Waals surface area contributed by atoms with Crippen LogP contribution in [0.2, 0.25) is 0 Å². The highest BCUT2D eigenvalue weighted by molar-refractivity contribution is 8.18. The second-order valence-electron chi connectivity index (χ2n) is 8.21. The smallest absolute Gasteiger partial charge is 0.293 e. The molecule has 4 rings (SSSR count). The van der Waals surface area contributed by atoms with Crippen LogP contribution in [0.15, 0.2) is 52.4 Å². The second-order valence-corrected chi connectivity index (χ2v) is 9.22. The number of amides is 1. The van der Waals surface area contributed by atoms with Crippen molar-refractivity contribution in [3.8, 4) is 5.75 Å². The fraction of sp³-hybridized carbons (Fsp3) is 0.360. The van der Waals surface area contributed by atoms with Gasteiger partial charge in [-0.25, -0.2) is 4.99 Å². The minimum absolute atomic E-state index is 0.0710. The van der Waals surface area contributed by atoms with Crippen molar-refractivity contribution in [3.05, 3.63) is 63.0 Å². The topological polar surface area (TPSA) is 88.3 Å². The van der Waals surface area contributed by atoms with E-state index in [9.17, 15) is 14.9 Å². The number of thioether (sulfide) groups is 1. The van der Waals surface area contributed by atoms with Gasteiger partial charge in [-0.1, -0.05) is 19.4 Å². The van der Waals surface area contributed by atoms with Gasteiger partial charge in [-0.15, -0.1) is 0 Å². The van der Waals surface area contributed by atoms with Crippen molar-refractivity contribution in [3.63, 3.8) is 0 Å². The molecule has 8 nitrogen and oxygen atoms in total. The predicted octanol–water partition coefficient (Wildman–Crippen LogP) is 5.61. The van der Waals surface area contributed by atoms with Gasteiger partial charge in [-0.3, -0.25) is 19.8 Å². The Morgan fingerprint density at radius 3 is 2.56 bits per heavy atom. The molecule has 2 aliphatic rings. The Morgan fingerprint density at radius 1 is 1.18 bits per heavy atom. The molecule has 0 N–H and O–H groups in total. The van der Waals surface area contributed by atoms with Crippen LogP contribution in [0.25, 0.3) is 6.08 Å². The summed E-state index contributed by atoms with van der Waals surface area (Å²) >= 11 is 1.30. The Labute approximate surface area is 203 Å². The molecule has 2 saturated heterocycles. The molecular formula is C25H28N4O4S. The average Bonchev–Trinajstić information content (AvgIpc) is 3.47. The summed E-state index contributed by atoms with van der Waals surface area (Å²) in [6, 6.07) is 12.5. The number of carbonyl (C=O) groups excluding carboxylic acids is 1. The lowest BCUT2D eigenvalue weighted by Crippen LogP contribution is -2.30. The molecule has 178 valence electrons. The van der Waals surface area contributed by atoms with Gasteiger partial charge in [0.1, 0.15) is 11.4 Å². The molecule has 0 aliphatic carbocycles. The van der Waals surface area contributed by atoms with Gasteiger partial charge in [-0.2, -0.15) is 0 Å². The largest absolute Gasteiger partial charge is 0.497 e. The van der Waals surface area contributed by atoms with E-state index in [0.29, 0.717) is 27.9 Å². The van der Waals surface area contributed by atoms with E-state index in [1.807, 2.05) is 30.3 Å². The van der Waals surface area contributed by atoms with Crippen molar-refractivity contribution in [1.82, 2.24) is 4.90 Å². The Kier molecular flexibility index (Phi) is 7.52. The summed E-state index contributed by atoms with van der Waals surface area (Å²) in [5.74, 6) is 0.610. The van der Waals surface area contributed by atoms with Crippen molar-refractivity contribution in [2.75, 3.05) is 31.6 Å². The molecule has 0 saturated carbocycles. The van der Waals surface area contributed by atoms with Crippen molar-refractivity contribution in [1.29, 1.82) is 0 Å². The van der Waals surface area contributed by atoms with Crippen LogP contribution in [0.4, 0.5) is 17.1 Å². The zero-order chi connectivity index (χ0) is 24.1. The lowest BCUT2D eigenvalue weighted by atomic mass is 10.1. The molecule has 9 heteroatoms. The number of ether oxygens (including phenoxy) is 1. The van der Waals surface area contributed by atoms with Crippen molar-refractivity contribution < 1.29 is 14.5 Å². The fourth-order valence-corrected chi connectivity index (χ4v) is 5.05. The molecule has 0 atom stereocenters. The normalized spacial score (nSPS) is 18.4. The number of rotatable bonds is 8. The molecule has 2 aliphatic heterocycles. The van der Waals surface area contributed by atoms with Gasteiger partial charge in [0.25, 0.3) is 11.6 Å². The van der Waals surface area contributed by atoms with Crippen LogP contribution in [0.3, 0.4) is 0 Å². The maximum Gasteiger partial charge on any atom is 0.293 e. The first-order valence-corrected chi connectivity index (χ1v) is 12.3. The molecule has 0 spiro atoms. The minimum atomic E-state index is -0.344. The third kappa shape index (κ3) is 5.25. The van der Waals surface area contributed by atoms with Gasteiger partial charge < -0.3 is 9.64 Å². The molecule has 0 unspecified atom stereocenters. The number of nitro groups is 1. The number of anilines is 1. The SMILES string of the molecule is CCCCN1C(=O)/C(=C/c2ccc(N3CCCC3)c([N+](=O)[O-])c2)SC1=Nc1ccc(OC)cc1. The summed E-state index contributed by atoms with van der Waals surface area (Å²) in [4.78, 5) is 33.6. The first-order valence-electron chi connectivity index (χ1n) is 11.5. The summed E-state index contributed by atoms with van der Waals surface area (Å²) in [7, 11) is 1.61. The summed E-state index contributed by atoms with van der Waals surface area (Å²) in [6.45, 7) is 4.30. The maximum absolute atomic E-state index is 13.2. The second kappa shape index (κ2) is 10.7. The molecule has 2 aromatic rings. The van der Waals surface area contributed by atoms with Gasteiger partial charge in [0.05, 0.1) is 22.6 Å². The highest BCUT2D eigenvalue weighted by atomic mass is 32.2. The molecule has 0 radical (unpaired) electrons. The van der Waals surface area contributed by atoms with E-state index in [2.05, 4.69) is 11.8 Å². The number of amidine groups is 1. The lowest BCUT2D eigenvalue weighted by molar-refractivity contribution is -0.384. The molecular weight excluding hydrogens is 452 g/mol. The molecule has 0 aromatic heterocycles. The third-order valence-corrected chi connectivity index (χ3v) is 6.87. The summed E-state index contributed by atoms with van der Waals surface area (Å²) in [5, 5.41) is 12.4. The van der Waals surface area contributed by atoms with Gasteiger partial charge in [0.2, 0.25) is 0 Å². The zero-order valence-corrected chi connectivity index (χ0v) is 20.2. The van der Waals surface area contributed by atoms with Crippen LogP contribution in [-0.2, 0) is 4.79 Å². The number of unbranched alkanes of at least 4 members (excludes halogenated alkanes) is 1. The lowest BCUT2D eigenvalue weighted by Gasteiger charge is -2.17. The number of nitrogens with zero attached hydrogens (tertiary/aromatic N) is 4. The van der Waals surface area contributed by atoms with Crippen LogP contribution in [0.1, 0.15) is 38.2 Å². The molecule has 2 aromatic carbocycles. The van der Waals surface area contributed by atoms with Crippen LogP contribution in [0.5, 0.6) is 5.75 Å². The number of carbonyl (C=O) groups is 1. The Hall–Kier alpha value is -3.33. The van der Waals surface area contributed by atoms with E-state index >= 15 is 0 Å². The fourth-order valence-electron chi connectivity index (χ4n) is 4.03. The van der Waals surface area contributed by atoms with Crippen molar-refractivity contribution in [2.45, 2.75) is 32.6 Å². The Balaban J connectivity index is 1.64. The van der Waals surface area contributed by atoms with Crippen molar-refractivity contribution in [2.24, 2.45) is 4.99 Å². The number of methoxy groups -OCH3 is 1. The van der Waals surface area contributed by atoms with Crippen LogP contribution >= 0.6 is 11.8 Å². The van der Waals surface area contributed by atoms with Gasteiger partial charge in [-0.05, 0) is 73.0 Å². The third-order valence-electron chi connectivity index (χ3n) is 5.86. The van der Waals surface area contributed by atoms with Crippen LogP contribution in [0, 0.1) is 10.1 Å². The Bertz CT molecular complexity index is 1120. The first-order chi connectivity index (χ1) is 16.5. The number of aliphatic imine (C=N–C) groups is 1. The molecule has 2 fully saturated rings. The zero-order valence-electron chi connectivity index (χ0n) is 19.4. The predicted molar refractivity (Wildman–Crippen MR) is 137 cm³/mol. The number of benzene rings is 2. The highest BCUT2D eigenvalue weighted by Gasteiger charge is 2.33. The van der Waals surface area contributed by atoms with Gasteiger partial charge in [0.15, 0.2) is 5.17 Å². The van der Waals surface area contributed by atoms with E-state index in [0.717, 1.165) is 50.2 Å². The number of nitro benzene ring substituents is 1. The van der Waals surface area contributed by atoms with E-state index in [1.165, 1.54) is 11.8 Å². The number of hydrogen-bond donors (Lipinski definition) is 0. The van der Waals surface area contributed by atoms with Gasteiger partial charge in [0, 0.05) is 25.7 Å². The number of hydrogen-bond acceptors (Lipinski definition) is 7. The maximum atomic E-state index is 13.2. The monoisotopic (exact) mass is 480 g/mol. The van der Waals surface area contributed by atoms with Gasteiger partial charge >= 0.3 is 0 Å².